The van der Waals surface area contributed by atoms with Crippen molar-refractivity contribution in [3.63, 3.8) is 0 Å². The van der Waals surface area contributed by atoms with Crippen LogP contribution in [0, 0.1) is 5.92 Å². The summed E-state index contributed by atoms with van der Waals surface area (Å²) in [4.78, 5) is 9.27. The predicted octanol–water partition coefficient (Wildman–Crippen LogP) is 2.61. The lowest BCUT2D eigenvalue weighted by Crippen LogP contribution is -2.34. The molecule has 0 aliphatic carbocycles. The van der Waals surface area contributed by atoms with Gasteiger partial charge in [0.2, 0.25) is 0 Å². The first kappa shape index (κ1) is 17.9. The van der Waals surface area contributed by atoms with E-state index in [1.165, 1.54) is 5.56 Å². The Morgan fingerprint density at radius 3 is 2.57 bits per heavy atom. The molecule has 0 bridgehead atoms. The normalized spacial score (nSPS) is 11.4. The topological polar surface area (TPSA) is 31.4 Å². The monoisotopic (exact) mass is 292 g/mol. The summed E-state index contributed by atoms with van der Waals surface area (Å²) >= 11 is 0. The molecule has 0 saturated carbocycles. The minimum absolute atomic E-state index is 0.672. The lowest BCUT2D eigenvalue weighted by molar-refractivity contribution is 0.412. The van der Waals surface area contributed by atoms with E-state index in [0.717, 1.165) is 45.0 Å². The number of anilines is 1. The Balaban J connectivity index is 2.76. The first-order valence-electron chi connectivity index (χ1n) is 8.08. The van der Waals surface area contributed by atoms with Crippen LogP contribution in [0.15, 0.2) is 18.3 Å². The molecule has 0 amide bonds. The quantitative estimate of drug-likeness (QED) is 0.718. The van der Waals surface area contributed by atoms with Crippen LogP contribution in [0.5, 0.6) is 0 Å². The average Bonchev–Trinajstić information content (AvgIpc) is 2.43. The Morgan fingerprint density at radius 2 is 1.95 bits per heavy atom. The van der Waals surface area contributed by atoms with Crippen LogP contribution in [0.3, 0.4) is 0 Å². The second kappa shape index (κ2) is 9.74. The predicted molar refractivity (Wildman–Crippen MR) is 91.8 cm³/mol. The van der Waals surface area contributed by atoms with Crippen molar-refractivity contribution in [1.29, 1.82) is 0 Å². The molecule has 1 N–H and O–H groups in total. The van der Waals surface area contributed by atoms with Crippen molar-refractivity contribution in [2.45, 2.75) is 33.7 Å². The minimum atomic E-state index is 0.672. The van der Waals surface area contributed by atoms with Crippen molar-refractivity contribution in [1.82, 2.24) is 15.2 Å². The van der Waals surface area contributed by atoms with Crippen molar-refractivity contribution in [3.05, 3.63) is 23.9 Å². The standard InChI is InChI=1S/C17H32N4/c1-6-10-21(12-11-20(4)5)17-16(8-7-9-19-17)14-18-13-15(2)3/h7-9,15,18H,6,10-14H2,1-5H3. The van der Waals surface area contributed by atoms with Gasteiger partial charge in [-0.05, 0) is 39.0 Å². The van der Waals surface area contributed by atoms with Crippen molar-refractivity contribution < 1.29 is 0 Å². The van der Waals surface area contributed by atoms with Gasteiger partial charge in [0.05, 0.1) is 0 Å². The Hall–Kier alpha value is -1.13. The smallest absolute Gasteiger partial charge is 0.133 e. The molecule has 4 heteroatoms. The summed E-state index contributed by atoms with van der Waals surface area (Å²) in [7, 11) is 4.24. The number of rotatable bonds is 10. The molecule has 1 aromatic rings. The zero-order valence-corrected chi connectivity index (χ0v) is 14.4. The van der Waals surface area contributed by atoms with E-state index < -0.39 is 0 Å². The zero-order chi connectivity index (χ0) is 15.7. The molecule has 0 aliphatic rings. The van der Waals surface area contributed by atoms with Crippen LogP contribution in [0.1, 0.15) is 32.8 Å². The van der Waals surface area contributed by atoms with Crippen molar-refractivity contribution >= 4 is 5.82 Å². The molecule has 0 aromatic carbocycles. The summed E-state index contributed by atoms with van der Waals surface area (Å²) in [5.74, 6) is 1.81. The Bertz CT molecular complexity index is 390. The van der Waals surface area contributed by atoms with E-state index in [9.17, 15) is 0 Å². The van der Waals surface area contributed by atoms with Crippen LogP contribution < -0.4 is 10.2 Å². The number of hydrogen-bond donors (Lipinski definition) is 1. The van der Waals surface area contributed by atoms with Gasteiger partial charge >= 0.3 is 0 Å². The number of aromatic nitrogens is 1. The van der Waals surface area contributed by atoms with Gasteiger partial charge in [-0.15, -0.1) is 0 Å². The van der Waals surface area contributed by atoms with Gasteiger partial charge in [-0.1, -0.05) is 26.8 Å². The fourth-order valence-electron chi connectivity index (χ4n) is 2.26. The van der Waals surface area contributed by atoms with E-state index in [0.29, 0.717) is 5.92 Å². The maximum atomic E-state index is 4.64. The van der Waals surface area contributed by atoms with E-state index in [4.69, 9.17) is 0 Å². The highest BCUT2D eigenvalue weighted by Crippen LogP contribution is 2.17. The lowest BCUT2D eigenvalue weighted by Gasteiger charge is -2.27. The van der Waals surface area contributed by atoms with E-state index in [-0.39, 0.29) is 0 Å². The zero-order valence-electron chi connectivity index (χ0n) is 14.4. The highest BCUT2D eigenvalue weighted by Gasteiger charge is 2.12. The number of pyridine rings is 1. The molecule has 0 radical (unpaired) electrons. The Morgan fingerprint density at radius 1 is 1.19 bits per heavy atom. The maximum Gasteiger partial charge on any atom is 0.133 e. The van der Waals surface area contributed by atoms with Gasteiger partial charge < -0.3 is 15.1 Å². The second-order valence-electron chi connectivity index (χ2n) is 6.30. The fourth-order valence-corrected chi connectivity index (χ4v) is 2.26. The molecular formula is C17H32N4. The molecule has 0 atom stereocenters. The first-order chi connectivity index (χ1) is 10.0. The third-order valence-electron chi connectivity index (χ3n) is 3.35. The number of likely N-dealkylation sites (N-methyl/N-ethyl adjacent to an activating group) is 1. The molecule has 0 aliphatic heterocycles. The summed E-state index contributed by atoms with van der Waals surface area (Å²) in [6.45, 7) is 11.8. The molecule has 4 nitrogen and oxygen atoms in total. The van der Waals surface area contributed by atoms with Crippen molar-refractivity contribution in [2.24, 2.45) is 5.92 Å². The summed E-state index contributed by atoms with van der Waals surface area (Å²) < 4.78 is 0. The van der Waals surface area contributed by atoms with Crippen LogP contribution in [0.25, 0.3) is 0 Å². The van der Waals surface area contributed by atoms with E-state index in [1.807, 2.05) is 12.3 Å². The Labute approximate surface area is 130 Å². The molecule has 1 rings (SSSR count). The third kappa shape index (κ3) is 6.91. The summed E-state index contributed by atoms with van der Waals surface area (Å²) in [5.41, 5.74) is 1.30. The SMILES string of the molecule is CCCN(CCN(C)C)c1ncccc1CNCC(C)C. The Kier molecular flexibility index (Phi) is 8.31. The number of nitrogens with one attached hydrogen (secondary N) is 1. The highest BCUT2D eigenvalue weighted by molar-refractivity contribution is 5.46. The number of hydrogen-bond acceptors (Lipinski definition) is 4. The summed E-state index contributed by atoms with van der Waals surface area (Å²) in [5, 5.41) is 3.53. The molecular weight excluding hydrogens is 260 g/mol. The van der Waals surface area contributed by atoms with Gasteiger partial charge in [0.1, 0.15) is 5.82 Å². The van der Waals surface area contributed by atoms with E-state index in [1.54, 1.807) is 0 Å². The molecule has 120 valence electrons. The van der Waals surface area contributed by atoms with Crippen molar-refractivity contribution in [3.8, 4) is 0 Å². The first-order valence-corrected chi connectivity index (χ1v) is 8.08. The van der Waals surface area contributed by atoms with Crippen LogP contribution in [0.2, 0.25) is 0 Å². The minimum Gasteiger partial charge on any atom is -0.355 e. The van der Waals surface area contributed by atoms with Gasteiger partial charge in [-0.2, -0.15) is 0 Å². The second-order valence-corrected chi connectivity index (χ2v) is 6.30. The summed E-state index contributed by atoms with van der Waals surface area (Å²) in [6, 6.07) is 4.22. The maximum absolute atomic E-state index is 4.64. The largest absolute Gasteiger partial charge is 0.355 e. The van der Waals surface area contributed by atoms with Gasteiger partial charge in [0, 0.05) is 37.9 Å². The van der Waals surface area contributed by atoms with Gasteiger partial charge in [0.15, 0.2) is 0 Å². The average molecular weight is 292 g/mol. The van der Waals surface area contributed by atoms with E-state index >= 15 is 0 Å². The molecule has 0 unspecified atom stereocenters. The van der Waals surface area contributed by atoms with Gasteiger partial charge in [-0.25, -0.2) is 4.98 Å². The molecule has 1 aromatic heterocycles. The van der Waals surface area contributed by atoms with Gasteiger partial charge in [-0.3, -0.25) is 0 Å². The molecule has 1 heterocycles. The van der Waals surface area contributed by atoms with Crippen LogP contribution >= 0.6 is 0 Å². The van der Waals surface area contributed by atoms with E-state index in [2.05, 4.69) is 61.0 Å². The highest BCUT2D eigenvalue weighted by atomic mass is 15.2. The molecule has 0 fully saturated rings. The molecule has 21 heavy (non-hydrogen) atoms. The molecule has 0 spiro atoms. The third-order valence-corrected chi connectivity index (χ3v) is 3.35. The van der Waals surface area contributed by atoms with Crippen LogP contribution in [0.4, 0.5) is 5.82 Å². The van der Waals surface area contributed by atoms with Gasteiger partial charge in [0.25, 0.3) is 0 Å². The van der Waals surface area contributed by atoms with Crippen LogP contribution in [-0.2, 0) is 6.54 Å². The lowest BCUT2D eigenvalue weighted by atomic mass is 10.2. The molecule has 0 saturated heterocycles. The fraction of sp³-hybridized carbons (Fsp3) is 0.706. The summed E-state index contributed by atoms with van der Waals surface area (Å²) in [6.07, 6.45) is 3.04. The number of nitrogens with zero attached hydrogens (tertiary/aromatic N) is 3. The van der Waals surface area contributed by atoms with Crippen LogP contribution in [-0.4, -0.2) is 50.2 Å². The van der Waals surface area contributed by atoms with Crippen molar-refractivity contribution in [2.75, 3.05) is 45.2 Å².